The summed E-state index contributed by atoms with van der Waals surface area (Å²) in [6.45, 7) is 3.49. The van der Waals surface area contributed by atoms with Crippen LogP contribution in [0.15, 0.2) is 12.4 Å². The molecule has 1 saturated carbocycles. The second kappa shape index (κ2) is 6.65. The highest BCUT2D eigenvalue weighted by Gasteiger charge is 2.39. The zero-order chi connectivity index (χ0) is 16.5. The zero-order valence-electron chi connectivity index (χ0n) is 14.0. The standard InChI is InChI=1S/C18H25FN4O/c19-16-9-20-18(21-10-16)22-7-5-13(6-8-22)17(24)23-11-14-3-1-2-4-15(14)12-23/h9-10,13-15H,1-8,11-12H2. The van der Waals surface area contributed by atoms with E-state index in [9.17, 15) is 9.18 Å². The van der Waals surface area contributed by atoms with E-state index in [4.69, 9.17) is 0 Å². The number of aromatic nitrogens is 2. The molecule has 0 radical (unpaired) electrons. The molecule has 6 heteroatoms. The molecule has 2 saturated heterocycles. The second-order valence-electron chi connectivity index (χ2n) is 7.51. The third kappa shape index (κ3) is 3.10. The topological polar surface area (TPSA) is 49.3 Å². The highest BCUT2D eigenvalue weighted by molar-refractivity contribution is 5.79. The number of amides is 1. The van der Waals surface area contributed by atoms with Gasteiger partial charge in [0, 0.05) is 32.1 Å². The van der Waals surface area contributed by atoms with Crippen LogP contribution in [0.1, 0.15) is 38.5 Å². The Labute approximate surface area is 142 Å². The van der Waals surface area contributed by atoms with Crippen LogP contribution in [0, 0.1) is 23.6 Å². The molecule has 3 aliphatic rings. The van der Waals surface area contributed by atoms with Gasteiger partial charge in [0.15, 0.2) is 5.82 Å². The fraction of sp³-hybridized carbons (Fsp3) is 0.722. The van der Waals surface area contributed by atoms with Crippen LogP contribution in [0.4, 0.5) is 10.3 Å². The largest absolute Gasteiger partial charge is 0.342 e. The normalized spacial score (nSPS) is 28.0. The van der Waals surface area contributed by atoms with E-state index in [1.807, 2.05) is 4.90 Å². The lowest BCUT2D eigenvalue weighted by molar-refractivity contribution is -0.135. The van der Waals surface area contributed by atoms with Gasteiger partial charge in [-0.15, -0.1) is 0 Å². The molecule has 4 rings (SSSR count). The zero-order valence-corrected chi connectivity index (χ0v) is 14.0. The van der Waals surface area contributed by atoms with Gasteiger partial charge in [0.2, 0.25) is 11.9 Å². The minimum absolute atomic E-state index is 0.127. The molecule has 24 heavy (non-hydrogen) atoms. The van der Waals surface area contributed by atoms with Crippen LogP contribution in [0.2, 0.25) is 0 Å². The number of rotatable bonds is 2. The summed E-state index contributed by atoms with van der Waals surface area (Å²) in [4.78, 5) is 25.1. The maximum atomic E-state index is 12.9. The predicted molar refractivity (Wildman–Crippen MR) is 89.0 cm³/mol. The molecule has 1 amide bonds. The van der Waals surface area contributed by atoms with Crippen molar-refractivity contribution < 1.29 is 9.18 Å². The van der Waals surface area contributed by atoms with Crippen LogP contribution in [-0.4, -0.2) is 47.0 Å². The summed E-state index contributed by atoms with van der Waals surface area (Å²) >= 11 is 0. The summed E-state index contributed by atoms with van der Waals surface area (Å²) in [6, 6.07) is 0. The van der Waals surface area contributed by atoms with Crippen LogP contribution in [-0.2, 0) is 4.79 Å². The molecule has 2 unspecified atom stereocenters. The first kappa shape index (κ1) is 15.8. The molecule has 3 fully saturated rings. The van der Waals surface area contributed by atoms with Gasteiger partial charge in [-0.2, -0.15) is 0 Å². The molecule has 1 aromatic rings. The van der Waals surface area contributed by atoms with Crippen molar-refractivity contribution in [1.29, 1.82) is 0 Å². The minimum Gasteiger partial charge on any atom is -0.342 e. The Balaban J connectivity index is 1.32. The molecule has 0 spiro atoms. The lowest BCUT2D eigenvalue weighted by Gasteiger charge is -2.33. The molecule has 2 aliphatic heterocycles. The number of anilines is 1. The average molecular weight is 332 g/mol. The van der Waals surface area contributed by atoms with Gasteiger partial charge >= 0.3 is 0 Å². The van der Waals surface area contributed by atoms with Crippen molar-refractivity contribution in [2.45, 2.75) is 38.5 Å². The SMILES string of the molecule is O=C(C1CCN(c2ncc(F)cn2)CC1)N1CC2CCCCC2C1. The Morgan fingerprint density at radius 2 is 1.58 bits per heavy atom. The van der Waals surface area contributed by atoms with Crippen LogP contribution in [0.5, 0.6) is 0 Å². The summed E-state index contributed by atoms with van der Waals surface area (Å²) in [5.74, 6) is 2.12. The highest BCUT2D eigenvalue weighted by atomic mass is 19.1. The molecule has 130 valence electrons. The molecule has 1 aliphatic carbocycles. The molecule has 1 aromatic heterocycles. The molecule has 3 heterocycles. The lowest BCUT2D eigenvalue weighted by Crippen LogP contribution is -2.42. The number of halogens is 1. The molecule has 0 N–H and O–H groups in total. The van der Waals surface area contributed by atoms with Gasteiger partial charge in [0.05, 0.1) is 12.4 Å². The van der Waals surface area contributed by atoms with E-state index in [1.165, 1.54) is 38.1 Å². The van der Waals surface area contributed by atoms with E-state index >= 15 is 0 Å². The fourth-order valence-corrected chi connectivity index (χ4v) is 4.64. The number of piperidine rings is 1. The van der Waals surface area contributed by atoms with Crippen molar-refractivity contribution in [2.24, 2.45) is 17.8 Å². The third-order valence-corrected chi connectivity index (χ3v) is 6.02. The van der Waals surface area contributed by atoms with Gasteiger partial charge in [-0.25, -0.2) is 14.4 Å². The summed E-state index contributed by atoms with van der Waals surface area (Å²) in [6.07, 6.45) is 9.34. The quantitative estimate of drug-likeness (QED) is 0.835. The van der Waals surface area contributed by atoms with Crippen LogP contribution < -0.4 is 4.90 Å². The van der Waals surface area contributed by atoms with Gasteiger partial charge in [-0.1, -0.05) is 12.8 Å². The molecule has 0 bridgehead atoms. The van der Waals surface area contributed by atoms with E-state index in [0.717, 1.165) is 50.9 Å². The van der Waals surface area contributed by atoms with Gasteiger partial charge < -0.3 is 9.80 Å². The Kier molecular flexibility index (Phi) is 4.37. The van der Waals surface area contributed by atoms with Gasteiger partial charge in [0.25, 0.3) is 0 Å². The summed E-state index contributed by atoms with van der Waals surface area (Å²) in [5, 5.41) is 0. The van der Waals surface area contributed by atoms with Crippen molar-refractivity contribution in [3.05, 3.63) is 18.2 Å². The summed E-state index contributed by atoms with van der Waals surface area (Å²) in [7, 11) is 0. The summed E-state index contributed by atoms with van der Waals surface area (Å²) < 4.78 is 12.9. The Morgan fingerprint density at radius 1 is 1.00 bits per heavy atom. The van der Waals surface area contributed by atoms with Gasteiger partial charge in [-0.05, 0) is 37.5 Å². The second-order valence-corrected chi connectivity index (χ2v) is 7.51. The fourth-order valence-electron chi connectivity index (χ4n) is 4.64. The first-order valence-corrected chi connectivity index (χ1v) is 9.22. The average Bonchev–Trinajstić information content (AvgIpc) is 3.06. The van der Waals surface area contributed by atoms with Gasteiger partial charge in [0.1, 0.15) is 0 Å². The minimum atomic E-state index is -0.417. The maximum absolute atomic E-state index is 12.9. The third-order valence-electron chi connectivity index (χ3n) is 6.02. The van der Waals surface area contributed by atoms with Crippen LogP contribution >= 0.6 is 0 Å². The Bertz CT molecular complexity index is 571. The van der Waals surface area contributed by atoms with E-state index in [-0.39, 0.29) is 5.92 Å². The molecular weight excluding hydrogens is 307 g/mol. The number of nitrogens with zero attached hydrogens (tertiary/aromatic N) is 4. The van der Waals surface area contributed by atoms with Crippen molar-refractivity contribution in [3.63, 3.8) is 0 Å². The van der Waals surface area contributed by atoms with Crippen molar-refractivity contribution in [2.75, 3.05) is 31.1 Å². The van der Waals surface area contributed by atoms with E-state index in [1.54, 1.807) is 0 Å². The van der Waals surface area contributed by atoms with E-state index in [0.29, 0.717) is 11.9 Å². The van der Waals surface area contributed by atoms with Crippen LogP contribution in [0.25, 0.3) is 0 Å². The predicted octanol–water partition coefficient (Wildman–Crippen LogP) is 2.48. The Hall–Kier alpha value is -1.72. The Morgan fingerprint density at radius 3 is 2.17 bits per heavy atom. The maximum Gasteiger partial charge on any atom is 0.225 e. The molecule has 0 aromatic carbocycles. The first-order valence-electron chi connectivity index (χ1n) is 9.22. The molecule has 5 nitrogen and oxygen atoms in total. The molecule has 2 atom stereocenters. The first-order chi connectivity index (χ1) is 11.7. The van der Waals surface area contributed by atoms with E-state index < -0.39 is 5.82 Å². The van der Waals surface area contributed by atoms with Crippen molar-refractivity contribution >= 4 is 11.9 Å². The number of hydrogen-bond acceptors (Lipinski definition) is 4. The smallest absolute Gasteiger partial charge is 0.225 e. The van der Waals surface area contributed by atoms with Crippen molar-refractivity contribution in [1.82, 2.24) is 14.9 Å². The summed E-state index contributed by atoms with van der Waals surface area (Å²) in [5.41, 5.74) is 0. The van der Waals surface area contributed by atoms with Crippen LogP contribution in [0.3, 0.4) is 0 Å². The monoisotopic (exact) mass is 332 g/mol. The van der Waals surface area contributed by atoms with Crippen molar-refractivity contribution in [3.8, 4) is 0 Å². The molecular formula is C18H25FN4O. The lowest BCUT2D eigenvalue weighted by atomic mass is 9.82. The van der Waals surface area contributed by atoms with Gasteiger partial charge in [-0.3, -0.25) is 4.79 Å². The number of carbonyl (C=O) groups excluding carboxylic acids is 1. The number of fused-ring (bicyclic) bond motifs is 1. The highest BCUT2D eigenvalue weighted by Crippen LogP contribution is 2.37. The number of carbonyl (C=O) groups is 1. The number of likely N-dealkylation sites (tertiary alicyclic amines) is 1. The van der Waals surface area contributed by atoms with E-state index in [2.05, 4.69) is 14.9 Å². The number of hydrogen-bond donors (Lipinski definition) is 0.